The van der Waals surface area contributed by atoms with E-state index < -0.39 is 28.0 Å². The number of amides is 1. The predicted molar refractivity (Wildman–Crippen MR) is 108 cm³/mol. The SMILES string of the molecule is CS(=O)c1cc(F)c(-c2nc(COC3CCN(C(=O)OC(C)(C)C)CC3)no2)cc1F. The number of rotatable bonds is 5. The summed E-state index contributed by atoms with van der Waals surface area (Å²) in [6.45, 7) is 6.50. The molecule has 0 N–H and O–H groups in total. The standard InChI is InChI=1S/C20H25F2N3O5S/c1-20(2,3)29-19(26)25-7-5-12(6-8-25)28-11-17-23-18(30-24-17)13-9-15(22)16(31(4)27)10-14(13)21/h9-10,12H,5-8,11H2,1-4H3. The maximum Gasteiger partial charge on any atom is 0.410 e. The fourth-order valence-corrected chi connectivity index (χ4v) is 3.66. The average Bonchev–Trinajstić information content (AvgIpc) is 3.15. The molecule has 0 radical (unpaired) electrons. The molecule has 1 aromatic carbocycles. The van der Waals surface area contributed by atoms with Gasteiger partial charge in [0.1, 0.15) is 23.8 Å². The fraction of sp³-hybridized carbons (Fsp3) is 0.550. The second kappa shape index (κ2) is 9.39. The van der Waals surface area contributed by atoms with Gasteiger partial charge in [0.25, 0.3) is 5.89 Å². The Balaban J connectivity index is 1.54. The number of benzene rings is 1. The Kier molecular flexibility index (Phi) is 7.05. The first-order valence-corrected chi connectivity index (χ1v) is 11.3. The van der Waals surface area contributed by atoms with Crippen molar-refractivity contribution in [3.05, 3.63) is 29.6 Å². The number of hydrogen-bond acceptors (Lipinski definition) is 7. The Morgan fingerprint density at radius 1 is 1.26 bits per heavy atom. The second-order valence-electron chi connectivity index (χ2n) is 8.21. The number of carbonyl (C=O) groups excluding carboxylic acids is 1. The Morgan fingerprint density at radius 3 is 2.55 bits per heavy atom. The van der Waals surface area contributed by atoms with Crippen LogP contribution >= 0.6 is 0 Å². The van der Waals surface area contributed by atoms with Gasteiger partial charge in [-0.2, -0.15) is 4.98 Å². The zero-order valence-corrected chi connectivity index (χ0v) is 18.6. The topological polar surface area (TPSA) is 94.8 Å². The summed E-state index contributed by atoms with van der Waals surface area (Å²) in [5, 5.41) is 3.74. The van der Waals surface area contributed by atoms with Crippen molar-refractivity contribution >= 4 is 16.9 Å². The number of aromatic nitrogens is 2. The first-order valence-electron chi connectivity index (χ1n) is 9.78. The summed E-state index contributed by atoms with van der Waals surface area (Å²) in [7, 11) is -1.66. The number of piperidine rings is 1. The van der Waals surface area contributed by atoms with E-state index in [0.717, 1.165) is 12.1 Å². The first kappa shape index (κ1) is 23.3. The van der Waals surface area contributed by atoms with Gasteiger partial charge >= 0.3 is 6.09 Å². The molecule has 1 amide bonds. The van der Waals surface area contributed by atoms with Gasteiger partial charge in [0.15, 0.2) is 5.82 Å². The van der Waals surface area contributed by atoms with Crippen LogP contribution in [0, 0.1) is 11.6 Å². The zero-order chi connectivity index (χ0) is 22.8. The quantitative estimate of drug-likeness (QED) is 0.676. The third-order valence-corrected chi connectivity index (χ3v) is 5.50. The number of carbonyl (C=O) groups is 1. The molecule has 0 saturated carbocycles. The van der Waals surface area contributed by atoms with Gasteiger partial charge in [-0.1, -0.05) is 5.16 Å². The van der Waals surface area contributed by atoms with Gasteiger partial charge in [-0.15, -0.1) is 0 Å². The highest BCUT2D eigenvalue weighted by molar-refractivity contribution is 7.84. The average molecular weight is 457 g/mol. The first-order chi connectivity index (χ1) is 14.5. The van der Waals surface area contributed by atoms with E-state index in [1.54, 1.807) is 4.90 Å². The van der Waals surface area contributed by atoms with Crippen molar-refractivity contribution in [3.8, 4) is 11.5 Å². The van der Waals surface area contributed by atoms with Crippen LogP contribution in [0.3, 0.4) is 0 Å². The molecule has 1 aromatic heterocycles. The molecule has 0 aliphatic carbocycles. The summed E-state index contributed by atoms with van der Waals surface area (Å²) in [4.78, 5) is 17.6. The molecule has 1 aliphatic heterocycles. The van der Waals surface area contributed by atoms with Gasteiger partial charge in [0.05, 0.1) is 27.4 Å². The van der Waals surface area contributed by atoms with Crippen molar-refractivity contribution in [3.63, 3.8) is 0 Å². The molecule has 1 fully saturated rings. The molecule has 0 spiro atoms. The summed E-state index contributed by atoms with van der Waals surface area (Å²) < 4.78 is 55.9. The number of nitrogens with zero attached hydrogens (tertiary/aromatic N) is 3. The molecule has 1 aliphatic rings. The maximum absolute atomic E-state index is 14.3. The largest absolute Gasteiger partial charge is 0.444 e. The summed E-state index contributed by atoms with van der Waals surface area (Å²) in [5.41, 5.74) is -0.756. The number of ether oxygens (including phenoxy) is 2. The number of hydrogen-bond donors (Lipinski definition) is 0. The lowest BCUT2D eigenvalue weighted by molar-refractivity contribution is -0.0190. The Morgan fingerprint density at radius 2 is 1.94 bits per heavy atom. The van der Waals surface area contributed by atoms with Crippen LogP contribution in [-0.4, -0.2) is 56.4 Å². The van der Waals surface area contributed by atoms with Crippen molar-refractivity contribution in [2.24, 2.45) is 0 Å². The minimum atomic E-state index is -1.66. The second-order valence-corrected chi connectivity index (χ2v) is 9.56. The van der Waals surface area contributed by atoms with Crippen LogP contribution in [0.2, 0.25) is 0 Å². The van der Waals surface area contributed by atoms with E-state index in [1.807, 2.05) is 20.8 Å². The molecule has 0 bridgehead atoms. The molecule has 3 rings (SSSR count). The normalized spacial score (nSPS) is 16.4. The molecule has 2 aromatic rings. The maximum atomic E-state index is 14.3. The smallest absolute Gasteiger partial charge is 0.410 e. The lowest BCUT2D eigenvalue weighted by Gasteiger charge is -2.33. The summed E-state index contributed by atoms with van der Waals surface area (Å²) in [6.07, 6.45) is 2.06. The van der Waals surface area contributed by atoms with E-state index in [2.05, 4.69) is 10.1 Å². The van der Waals surface area contributed by atoms with E-state index in [1.165, 1.54) is 6.26 Å². The van der Waals surface area contributed by atoms with E-state index in [9.17, 15) is 17.8 Å². The lowest BCUT2D eigenvalue weighted by Crippen LogP contribution is -2.43. The van der Waals surface area contributed by atoms with E-state index in [4.69, 9.17) is 14.0 Å². The van der Waals surface area contributed by atoms with Crippen LogP contribution in [0.15, 0.2) is 21.6 Å². The van der Waals surface area contributed by atoms with Crippen molar-refractivity contribution in [2.45, 2.75) is 56.8 Å². The minimum Gasteiger partial charge on any atom is -0.444 e. The van der Waals surface area contributed by atoms with E-state index in [0.29, 0.717) is 25.9 Å². The van der Waals surface area contributed by atoms with Crippen LogP contribution in [-0.2, 0) is 26.9 Å². The van der Waals surface area contributed by atoms with Crippen molar-refractivity contribution < 1.29 is 31.8 Å². The molecular weight excluding hydrogens is 432 g/mol. The Bertz CT molecular complexity index is 968. The highest BCUT2D eigenvalue weighted by Crippen LogP contribution is 2.26. The Hall–Kier alpha value is -2.40. The molecule has 11 heteroatoms. The third kappa shape index (κ3) is 6.07. The van der Waals surface area contributed by atoms with Crippen LogP contribution in [0.1, 0.15) is 39.4 Å². The van der Waals surface area contributed by atoms with Gasteiger partial charge in [0.2, 0.25) is 0 Å². The number of likely N-dealkylation sites (tertiary alicyclic amines) is 1. The summed E-state index contributed by atoms with van der Waals surface area (Å²) in [6, 6.07) is 1.75. The highest BCUT2D eigenvalue weighted by atomic mass is 32.2. The van der Waals surface area contributed by atoms with Crippen LogP contribution < -0.4 is 0 Å². The van der Waals surface area contributed by atoms with Crippen LogP contribution in [0.4, 0.5) is 13.6 Å². The lowest BCUT2D eigenvalue weighted by atomic mass is 10.1. The van der Waals surface area contributed by atoms with Gasteiger partial charge in [0, 0.05) is 19.3 Å². The van der Waals surface area contributed by atoms with Crippen LogP contribution in [0.5, 0.6) is 0 Å². The van der Waals surface area contributed by atoms with Crippen molar-refractivity contribution in [2.75, 3.05) is 19.3 Å². The number of halogens is 2. The van der Waals surface area contributed by atoms with Gasteiger partial charge < -0.3 is 18.9 Å². The van der Waals surface area contributed by atoms with E-state index >= 15 is 0 Å². The molecule has 170 valence electrons. The van der Waals surface area contributed by atoms with Gasteiger partial charge in [-0.05, 0) is 45.7 Å². The zero-order valence-electron chi connectivity index (χ0n) is 17.8. The monoisotopic (exact) mass is 457 g/mol. The molecule has 1 unspecified atom stereocenters. The van der Waals surface area contributed by atoms with E-state index in [-0.39, 0.29) is 41.0 Å². The molecule has 1 atom stereocenters. The molecule has 31 heavy (non-hydrogen) atoms. The Labute approximate surface area is 181 Å². The van der Waals surface area contributed by atoms with Gasteiger partial charge in [-0.3, -0.25) is 4.21 Å². The summed E-state index contributed by atoms with van der Waals surface area (Å²) in [5.74, 6) is -1.63. The molecule has 8 nitrogen and oxygen atoms in total. The molecule has 2 heterocycles. The third-order valence-electron chi connectivity index (χ3n) is 4.57. The van der Waals surface area contributed by atoms with Crippen molar-refractivity contribution in [1.29, 1.82) is 0 Å². The summed E-state index contributed by atoms with van der Waals surface area (Å²) >= 11 is 0. The van der Waals surface area contributed by atoms with Crippen LogP contribution in [0.25, 0.3) is 11.5 Å². The van der Waals surface area contributed by atoms with Crippen molar-refractivity contribution in [1.82, 2.24) is 15.0 Å². The molecular formula is C20H25F2N3O5S. The molecule has 1 saturated heterocycles. The van der Waals surface area contributed by atoms with Gasteiger partial charge in [-0.25, -0.2) is 13.6 Å². The minimum absolute atomic E-state index is 0.0295. The highest BCUT2D eigenvalue weighted by Gasteiger charge is 2.27. The fourth-order valence-electron chi connectivity index (χ4n) is 3.06. The predicted octanol–water partition coefficient (Wildman–Crippen LogP) is 3.67.